The van der Waals surface area contributed by atoms with Crippen LogP contribution in [0.2, 0.25) is 0 Å². The molecule has 2 N–H and O–H groups in total. The first-order valence-electron chi connectivity index (χ1n) is 5.92. The first-order chi connectivity index (χ1) is 8.58. The van der Waals surface area contributed by atoms with Crippen LogP contribution in [0.25, 0.3) is 0 Å². The number of carbonyl (C=O) groups excluding carboxylic acids is 1. The Hall–Kier alpha value is -2.10. The van der Waals surface area contributed by atoms with E-state index in [0.717, 1.165) is 22.5 Å². The summed E-state index contributed by atoms with van der Waals surface area (Å²) in [6.45, 7) is 6.37. The van der Waals surface area contributed by atoms with Gasteiger partial charge < -0.3 is 10.3 Å². The number of carbonyl (C=O) groups is 1. The largest absolute Gasteiger partial charge is 0.347 e. The number of aromatic amines is 1. The van der Waals surface area contributed by atoms with Gasteiger partial charge in [-0.25, -0.2) is 4.98 Å². The number of hydrogen-bond acceptors (Lipinski definition) is 2. The molecule has 4 heteroatoms. The highest BCUT2D eigenvalue weighted by atomic mass is 16.1. The Morgan fingerprint density at radius 1 is 1.28 bits per heavy atom. The Morgan fingerprint density at radius 3 is 2.50 bits per heavy atom. The van der Waals surface area contributed by atoms with E-state index >= 15 is 0 Å². The van der Waals surface area contributed by atoms with Gasteiger partial charge in [-0.05, 0) is 31.9 Å². The minimum Gasteiger partial charge on any atom is -0.347 e. The van der Waals surface area contributed by atoms with Gasteiger partial charge in [0.15, 0.2) is 0 Å². The molecule has 0 saturated heterocycles. The molecule has 1 aromatic heterocycles. The number of benzene rings is 1. The zero-order valence-electron chi connectivity index (χ0n) is 10.9. The number of nitrogens with zero attached hydrogens (tertiary/aromatic N) is 1. The van der Waals surface area contributed by atoms with Crippen molar-refractivity contribution in [1.82, 2.24) is 15.3 Å². The van der Waals surface area contributed by atoms with Gasteiger partial charge in [0.05, 0.1) is 6.54 Å². The molecule has 0 unspecified atom stereocenters. The van der Waals surface area contributed by atoms with E-state index in [1.807, 2.05) is 32.9 Å². The van der Waals surface area contributed by atoms with E-state index in [9.17, 15) is 4.79 Å². The summed E-state index contributed by atoms with van der Waals surface area (Å²) in [7, 11) is 0. The number of aryl methyl sites for hydroxylation is 3. The molecule has 2 rings (SSSR count). The number of hydrogen-bond donors (Lipinski definition) is 2. The first kappa shape index (κ1) is 12.4. The van der Waals surface area contributed by atoms with Crippen LogP contribution in [0.15, 0.2) is 24.5 Å². The lowest BCUT2D eigenvalue weighted by atomic mass is 9.99. The van der Waals surface area contributed by atoms with Crippen molar-refractivity contribution in [2.75, 3.05) is 0 Å². The van der Waals surface area contributed by atoms with Gasteiger partial charge in [-0.15, -0.1) is 0 Å². The van der Waals surface area contributed by atoms with Gasteiger partial charge in [0.25, 0.3) is 5.91 Å². The van der Waals surface area contributed by atoms with E-state index in [2.05, 4.69) is 15.3 Å². The minimum absolute atomic E-state index is 0.0543. The number of H-pyrrole nitrogens is 1. The summed E-state index contributed by atoms with van der Waals surface area (Å²) in [5, 5.41) is 2.87. The number of imidazole rings is 1. The molecule has 94 valence electrons. The van der Waals surface area contributed by atoms with Crippen LogP contribution in [0, 0.1) is 20.8 Å². The van der Waals surface area contributed by atoms with Crippen LogP contribution in [-0.2, 0) is 6.54 Å². The van der Waals surface area contributed by atoms with Crippen molar-refractivity contribution in [2.24, 2.45) is 0 Å². The average Bonchev–Trinajstić information content (AvgIpc) is 2.77. The summed E-state index contributed by atoms with van der Waals surface area (Å²) in [6.07, 6.45) is 3.41. The second-order valence-electron chi connectivity index (χ2n) is 4.49. The Labute approximate surface area is 106 Å². The molecule has 0 aliphatic carbocycles. The van der Waals surface area contributed by atoms with Crippen molar-refractivity contribution in [3.63, 3.8) is 0 Å². The van der Waals surface area contributed by atoms with Crippen LogP contribution in [0.1, 0.15) is 32.9 Å². The van der Waals surface area contributed by atoms with Gasteiger partial charge >= 0.3 is 0 Å². The van der Waals surface area contributed by atoms with Gasteiger partial charge in [-0.2, -0.15) is 0 Å². The molecule has 0 saturated carbocycles. The van der Waals surface area contributed by atoms with Gasteiger partial charge in [-0.3, -0.25) is 4.79 Å². The Bertz CT molecular complexity index is 535. The van der Waals surface area contributed by atoms with E-state index in [1.54, 1.807) is 12.4 Å². The molecule has 0 spiro atoms. The predicted molar refractivity (Wildman–Crippen MR) is 70.4 cm³/mol. The van der Waals surface area contributed by atoms with Crippen LogP contribution in [0.5, 0.6) is 0 Å². The Balaban J connectivity index is 2.14. The van der Waals surface area contributed by atoms with Crippen LogP contribution >= 0.6 is 0 Å². The third-order valence-corrected chi connectivity index (χ3v) is 2.88. The lowest BCUT2D eigenvalue weighted by Crippen LogP contribution is -2.25. The van der Waals surface area contributed by atoms with Gasteiger partial charge in [-0.1, -0.05) is 17.7 Å². The third kappa shape index (κ3) is 2.59. The SMILES string of the molecule is Cc1cc(C)c(C(=O)NCc2ncc[nH]2)c(C)c1. The Kier molecular flexibility index (Phi) is 3.46. The van der Waals surface area contributed by atoms with Crippen molar-refractivity contribution in [3.8, 4) is 0 Å². The van der Waals surface area contributed by atoms with E-state index < -0.39 is 0 Å². The molecule has 4 nitrogen and oxygen atoms in total. The highest BCUT2D eigenvalue weighted by Crippen LogP contribution is 2.16. The van der Waals surface area contributed by atoms with Crippen LogP contribution in [-0.4, -0.2) is 15.9 Å². The summed E-state index contributed by atoms with van der Waals surface area (Å²) in [6, 6.07) is 4.05. The highest BCUT2D eigenvalue weighted by Gasteiger charge is 2.12. The van der Waals surface area contributed by atoms with E-state index in [1.165, 1.54) is 5.56 Å². The number of aromatic nitrogens is 2. The third-order valence-electron chi connectivity index (χ3n) is 2.88. The summed E-state index contributed by atoms with van der Waals surface area (Å²) in [5.74, 6) is 0.701. The maximum absolute atomic E-state index is 12.1. The molecule has 1 amide bonds. The van der Waals surface area contributed by atoms with Crippen molar-refractivity contribution >= 4 is 5.91 Å². The topological polar surface area (TPSA) is 57.8 Å². The standard InChI is InChI=1S/C14H17N3O/c1-9-6-10(2)13(11(3)7-9)14(18)17-8-12-15-4-5-16-12/h4-7H,8H2,1-3H3,(H,15,16)(H,17,18). The zero-order chi connectivity index (χ0) is 13.1. The van der Waals surface area contributed by atoms with Gasteiger partial charge in [0, 0.05) is 18.0 Å². The number of rotatable bonds is 3. The molecule has 0 bridgehead atoms. The molecular formula is C14H17N3O. The molecule has 0 atom stereocenters. The fraction of sp³-hybridized carbons (Fsp3) is 0.286. The summed E-state index contributed by atoms with van der Waals surface area (Å²) < 4.78 is 0. The van der Waals surface area contributed by atoms with Crippen molar-refractivity contribution in [3.05, 3.63) is 52.6 Å². The summed E-state index contributed by atoms with van der Waals surface area (Å²) >= 11 is 0. The van der Waals surface area contributed by atoms with E-state index in [0.29, 0.717) is 6.54 Å². The molecule has 0 radical (unpaired) electrons. The lowest BCUT2D eigenvalue weighted by molar-refractivity contribution is 0.0948. The van der Waals surface area contributed by atoms with E-state index in [-0.39, 0.29) is 5.91 Å². The second-order valence-corrected chi connectivity index (χ2v) is 4.49. The van der Waals surface area contributed by atoms with Crippen molar-refractivity contribution < 1.29 is 4.79 Å². The second kappa shape index (κ2) is 5.04. The van der Waals surface area contributed by atoms with Crippen LogP contribution < -0.4 is 5.32 Å². The fourth-order valence-electron chi connectivity index (χ4n) is 2.19. The summed E-state index contributed by atoms with van der Waals surface area (Å²) in [5.41, 5.74) is 3.94. The summed E-state index contributed by atoms with van der Waals surface area (Å²) in [4.78, 5) is 19.2. The molecule has 1 heterocycles. The predicted octanol–water partition coefficient (Wildman–Crippen LogP) is 2.26. The van der Waals surface area contributed by atoms with Crippen molar-refractivity contribution in [1.29, 1.82) is 0 Å². The Morgan fingerprint density at radius 2 is 1.94 bits per heavy atom. The molecule has 2 aromatic rings. The quantitative estimate of drug-likeness (QED) is 0.868. The van der Waals surface area contributed by atoms with E-state index in [4.69, 9.17) is 0 Å². The molecular weight excluding hydrogens is 226 g/mol. The van der Waals surface area contributed by atoms with Crippen LogP contribution in [0.4, 0.5) is 0 Å². The minimum atomic E-state index is -0.0543. The molecule has 0 aliphatic heterocycles. The van der Waals surface area contributed by atoms with Crippen LogP contribution in [0.3, 0.4) is 0 Å². The molecule has 0 aliphatic rings. The normalized spacial score (nSPS) is 10.4. The number of amides is 1. The highest BCUT2D eigenvalue weighted by molar-refractivity contribution is 5.97. The fourth-order valence-corrected chi connectivity index (χ4v) is 2.19. The smallest absolute Gasteiger partial charge is 0.252 e. The molecule has 0 fully saturated rings. The van der Waals surface area contributed by atoms with Crippen molar-refractivity contribution in [2.45, 2.75) is 27.3 Å². The lowest BCUT2D eigenvalue weighted by Gasteiger charge is -2.11. The maximum atomic E-state index is 12.1. The monoisotopic (exact) mass is 243 g/mol. The maximum Gasteiger partial charge on any atom is 0.252 e. The molecule has 18 heavy (non-hydrogen) atoms. The first-order valence-corrected chi connectivity index (χ1v) is 5.92. The molecule has 1 aromatic carbocycles. The number of nitrogens with one attached hydrogen (secondary N) is 2. The van der Waals surface area contributed by atoms with Gasteiger partial charge in [0.1, 0.15) is 5.82 Å². The zero-order valence-corrected chi connectivity index (χ0v) is 10.9. The van der Waals surface area contributed by atoms with Gasteiger partial charge in [0.2, 0.25) is 0 Å². The average molecular weight is 243 g/mol.